The number of hydroxylamine groups is 1. The normalized spacial score (nSPS) is 21.0. The van der Waals surface area contributed by atoms with E-state index in [0.29, 0.717) is 6.04 Å². The van der Waals surface area contributed by atoms with E-state index in [-0.39, 0.29) is 21.1 Å². The third kappa shape index (κ3) is 3.34. The van der Waals surface area contributed by atoms with Crippen molar-refractivity contribution in [2.24, 2.45) is 0 Å². The van der Waals surface area contributed by atoms with Gasteiger partial charge in [0.2, 0.25) is 0 Å². The van der Waals surface area contributed by atoms with E-state index < -0.39 is 0 Å². The molecule has 0 heterocycles. The van der Waals surface area contributed by atoms with Gasteiger partial charge < -0.3 is 5.21 Å². The maximum Gasteiger partial charge on any atom is 2.00 e. The van der Waals surface area contributed by atoms with Crippen molar-refractivity contribution in [3.8, 4) is 0 Å². The molecule has 0 aliphatic heterocycles. The molecule has 0 aromatic heterocycles. The Morgan fingerprint density at radius 3 is 2.00 bits per heavy atom. The number of nitrogens with one attached hydrogen (secondary N) is 1. The first kappa shape index (κ1) is 9.61. The summed E-state index contributed by atoms with van der Waals surface area (Å²) >= 11 is 0. The Morgan fingerprint density at radius 2 is 1.67 bits per heavy atom. The van der Waals surface area contributed by atoms with Crippen LogP contribution in [0.2, 0.25) is 0 Å². The molecule has 0 spiro atoms. The van der Waals surface area contributed by atoms with Gasteiger partial charge in [0.25, 0.3) is 0 Å². The fraction of sp³-hybridized carbons (Fsp3) is 1.00. The summed E-state index contributed by atoms with van der Waals surface area (Å²) < 4.78 is 0. The molecule has 0 radical (unpaired) electrons. The molecule has 1 aliphatic carbocycles. The van der Waals surface area contributed by atoms with Crippen molar-refractivity contribution >= 4 is 0 Å². The smallest absolute Gasteiger partial charge is 0.317 e. The van der Waals surface area contributed by atoms with Crippen LogP contribution in [0, 0.1) is 0 Å². The van der Waals surface area contributed by atoms with Gasteiger partial charge in [-0.2, -0.15) is 0 Å². The van der Waals surface area contributed by atoms with Crippen molar-refractivity contribution in [3.63, 3.8) is 0 Å². The first-order chi connectivity index (χ1) is 3.93. The van der Waals surface area contributed by atoms with E-state index >= 15 is 0 Å². The van der Waals surface area contributed by atoms with Crippen LogP contribution in [0.3, 0.4) is 0 Å². The molecule has 0 saturated heterocycles. The van der Waals surface area contributed by atoms with Crippen molar-refractivity contribution in [1.29, 1.82) is 0 Å². The third-order valence-electron chi connectivity index (χ3n) is 1.79. The minimum absolute atomic E-state index is 0. The zero-order valence-corrected chi connectivity index (χ0v) is 7.65. The van der Waals surface area contributed by atoms with Crippen molar-refractivity contribution in [2.75, 3.05) is 0 Å². The fourth-order valence-corrected chi connectivity index (χ4v) is 1.23. The summed E-state index contributed by atoms with van der Waals surface area (Å²) in [5.41, 5.74) is 2.30. The van der Waals surface area contributed by atoms with Gasteiger partial charge in [0.1, 0.15) is 0 Å². The van der Waals surface area contributed by atoms with E-state index in [0.717, 1.165) is 12.8 Å². The van der Waals surface area contributed by atoms with Gasteiger partial charge in [0.15, 0.2) is 0 Å². The summed E-state index contributed by atoms with van der Waals surface area (Å²) in [6.07, 6.45) is 6.20. The van der Waals surface area contributed by atoms with Crippen molar-refractivity contribution < 1.29 is 26.3 Å². The first-order valence-corrected chi connectivity index (χ1v) is 3.33. The van der Waals surface area contributed by atoms with Crippen molar-refractivity contribution in [3.05, 3.63) is 0 Å². The maximum absolute atomic E-state index is 8.44. The standard InChI is InChI=1S/C6H13NO.Pt/c8-7-6-4-2-1-3-5-6;/h6-8H,1-5H2;/q;+2. The van der Waals surface area contributed by atoms with Crippen LogP contribution in [-0.4, -0.2) is 11.2 Å². The molecule has 0 aromatic carbocycles. The Hall–Kier alpha value is 0.608. The number of rotatable bonds is 1. The number of hydrogen-bond acceptors (Lipinski definition) is 2. The zero-order chi connectivity index (χ0) is 5.82. The molecule has 1 rings (SSSR count). The predicted molar refractivity (Wildman–Crippen MR) is 31.8 cm³/mol. The molecule has 0 unspecified atom stereocenters. The van der Waals surface area contributed by atoms with E-state index in [9.17, 15) is 0 Å². The van der Waals surface area contributed by atoms with Gasteiger partial charge in [-0.05, 0) is 12.8 Å². The van der Waals surface area contributed by atoms with Crippen molar-refractivity contribution in [1.82, 2.24) is 5.48 Å². The summed E-state index contributed by atoms with van der Waals surface area (Å²) in [7, 11) is 0. The molecule has 9 heavy (non-hydrogen) atoms. The molecular formula is C6H13NOPt+2. The van der Waals surface area contributed by atoms with Crippen LogP contribution in [0.4, 0.5) is 0 Å². The van der Waals surface area contributed by atoms with Crippen LogP contribution in [0.15, 0.2) is 0 Å². The second kappa shape index (κ2) is 5.40. The summed E-state index contributed by atoms with van der Waals surface area (Å²) in [6, 6.07) is 0.392. The Labute approximate surface area is 70.2 Å². The quantitative estimate of drug-likeness (QED) is 0.716. The summed E-state index contributed by atoms with van der Waals surface area (Å²) in [5, 5.41) is 8.44. The van der Waals surface area contributed by atoms with Crippen LogP contribution in [0.25, 0.3) is 0 Å². The molecule has 1 fully saturated rings. The van der Waals surface area contributed by atoms with Crippen LogP contribution in [-0.2, 0) is 21.1 Å². The third-order valence-corrected chi connectivity index (χ3v) is 1.79. The van der Waals surface area contributed by atoms with Gasteiger partial charge >= 0.3 is 21.1 Å². The summed E-state index contributed by atoms with van der Waals surface area (Å²) in [6.45, 7) is 0. The molecular weight excluding hydrogens is 297 g/mol. The topological polar surface area (TPSA) is 32.3 Å². The van der Waals surface area contributed by atoms with E-state index in [1.54, 1.807) is 0 Å². The average Bonchev–Trinajstić information content (AvgIpc) is 1.90. The van der Waals surface area contributed by atoms with Crippen molar-refractivity contribution in [2.45, 2.75) is 38.1 Å². The fourth-order valence-electron chi connectivity index (χ4n) is 1.23. The Balaban J connectivity index is 0.000000640. The Bertz CT molecular complexity index is 64.1. The summed E-state index contributed by atoms with van der Waals surface area (Å²) in [4.78, 5) is 0. The molecule has 0 amide bonds. The van der Waals surface area contributed by atoms with E-state index in [1.165, 1.54) is 19.3 Å². The van der Waals surface area contributed by atoms with Gasteiger partial charge in [-0.15, -0.1) is 0 Å². The largest absolute Gasteiger partial charge is 2.00 e. The summed E-state index contributed by atoms with van der Waals surface area (Å²) in [5.74, 6) is 0. The second-order valence-electron chi connectivity index (χ2n) is 2.46. The molecule has 3 heteroatoms. The number of hydrogen-bond donors (Lipinski definition) is 2. The van der Waals surface area contributed by atoms with Gasteiger partial charge in [-0.3, -0.25) is 0 Å². The molecule has 1 aliphatic rings. The van der Waals surface area contributed by atoms with Gasteiger partial charge in [0.05, 0.1) is 0 Å². The minimum atomic E-state index is 0. The van der Waals surface area contributed by atoms with E-state index in [4.69, 9.17) is 5.21 Å². The molecule has 0 aromatic rings. The Kier molecular flexibility index (Phi) is 5.76. The molecule has 2 N–H and O–H groups in total. The maximum atomic E-state index is 8.44. The molecule has 1 saturated carbocycles. The zero-order valence-electron chi connectivity index (χ0n) is 5.38. The second-order valence-corrected chi connectivity index (χ2v) is 2.46. The van der Waals surface area contributed by atoms with Crippen LogP contribution >= 0.6 is 0 Å². The molecule has 56 valence electrons. The van der Waals surface area contributed by atoms with Gasteiger partial charge in [-0.1, -0.05) is 19.3 Å². The van der Waals surface area contributed by atoms with Crippen LogP contribution in [0.5, 0.6) is 0 Å². The minimum Gasteiger partial charge on any atom is -0.317 e. The Morgan fingerprint density at radius 1 is 1.11 bits per heavy atom. The molecule has 0 bridgehead atoms. The van der Waals surface area contributed by atoms with E-state index in [1.807, 2.05) is 0 Å². The molecule has 0 atom stereocenters. The SMILES string of the molecule is ONC1CCCCC1.[Pt+2]. The van der Waals surface area contributed by atoms with Gasteiger partial charge in [0, 0.05) is 6.04 Å². The van der Waals surface area contributed by atoms with Crippen LogP contribution < -0.4 is 5.48 Å². The first-order valence-electron chi connectivity index (χ1n) is 3.33. The van der Waals surface area contributed by atoms with Gasteiger partial charge in [-0.25, -0.2) is 5.48 Å². The van der Waals surface area contributed by atoms with Crippen LogP contribution in [0.1, 0.15) is 32.1 Å². The van der Waals surface area contributed by atoms with E-state index in [2.05, 4.69) is 5.48 Å². The average molecular weight is 310 g/mol. The molecule has 2 nitrogen and oxygen atoms in total. The monoisotopic (exact) mass is 310 g/mol. The predicted octanol–water partition coefficient (Wildman–Crippen LogP) is 1.30.